The zero-order valence-electron chi connectivity index (χ0n) is 12.5. The number of halogens is 1. The molecule has 20 heavy (non-hydrogen) atoms. The molecule has 0 aliphatic heterocycles. The molecule has 0 saturated heterocycles. The van der Waals surface area contributed by atoms with E-state index in [4.69, 9.17) is 16.6 Å². The maximum Gasteiger partial charge on any atom is 0.154 e. The summed E-state index contributed by atoms with van der Waals surface area (Å²) in [7, 11) is 0. The van der Waals surface area contributed by atoms with E-state index in [1.807, 2.05) is 10.7 Å². The molecular weight excluding hydrogens is 270 g/mol. The molecule has 0 radical (unpaired) electrons. The topological polar surface area (TPSA) is 30.7 Å². The number of alkyl halides is 1. The standard InChI is InChI=1S/C16H22ClN3/c1-4-7-14-8-12(11-17)9-16(18-14)20-15(6-3)10-13(5-2)19-20/h8-10H,4-7,11H2,1-3H3. The van der Waals surface area contributed by atoms with Crippen molar-refractivity contribution in [3.8, 4) is 5.82 Å². The van der Waals surface area contributed by atoms with Crippen molar-refractivity contribution in [2.24, 2.45) is 0 Å². The van der Waals surface area contributed by atoms with Crippen LogP contribution in [0.4, 0.5) is 0 Å². The van der Waals surface area contributed by atoms with Gasteiger partial charge in [-0.05, 0) is 43.0 Å². The van der Waals surface area contributed by atoms with Crippen molar-refractivity contribution in [3.63, 3.8) is 0 Å². The van der Waals surface area contributed by atoms with Crippen molar-refractivity contribution >= 4 is 11.6 Å². The van der Waals surface area contributed by atoms with E-state index >= 15 is 0 Å². The first-order valence-electron chi connectivity index (χ1n) is 7.35. The van der Waals surface area contributed by atoms with Crippen molar-refractivity contribution in [3.05, 3.63) is 40.8 Å². The quantitative estimate of drug-likeness (QED) is 0.751. The lowest BCUT2D eigenvalue weighted by atomic mass is 10.2. The van der Waals surface area contributed by atoms with E-state index in [1.54, 1.807) is 0 Å². The second kappa shape index (κ2) is 6.89. The molecule has 2 heterocycles. The monoisotopic (exact) mass is 291 g/mol. The molecule has 108 valence electrons. The molecule has 0 saturated carbocycles. The first kappa shape index (κ1) is 15.0. The minimum atomic E-state index is 0.510. The van der Waals surface area contributed by atoms with E-state index < -0.39 is 0 Å². The number of aromatic nitrogens is 3. The van der Waals surface area contributed by atoms with Gasteiger partial charge in [0.05, 0.1) is 5.69 Å². The van der Waals surface area contributed by atoms with Crippen molar-refractivity contribution in [2.75, 3.05) is 0 Å². The third-order valence-electron chi connectivity index (χ3n) is 3.36. The third-order valence-corrected chi connectivity index (χ3v) is 3.67. The van der Waals surface area contributed by atoms with Crippen LogP contribution in [0.1, 0.15) is 49.8 Å². The summed E-state index contributed by atoms with van der Waals surface area (Å²) >= 11 is 6.01. The van der Waals surface area contributed by atoms with Gasteiger partial charge in [0, 0.05) is 17.3 Å². The molecule has 3 nitrogen and oxygen atoms in total. The highest BCUT2D eigenvalue weighted by Gasteiger charge is 2.10. The zero-order chi connectivity index (χ0) is 14.5. The number of hydrogen-bond donors (Lipinski definition) is 0. The molecule has 0 aliphatic rings. The summed E-state index contributed by atoms with van der Waals surface area (Å²) < 4.78 is 1.97. The molecule has 4 heteroatoms. The molecule has 0 bridgehead atoms. The van der Waals surface area contributed by atoms with Gasteiger partial charge in [0.25, 0.3) is 0 Å². The van der Waals surface area contributed by atoms with Gasteiger partial charge in [-0.1, -0.05) is 27.2 Å². The van der Waals surface area contributed by atoms with Gasteiger partial charge < -0.3 is 0 Å². The predicted molar refractivity (Wildman–Crippen MR) is 83.7 cm³/mol. The summed E-state index contributed by atoms with van der Waals surface area (Å²) in [5, 5.41) is 4.66. The minimum Gasteiger partial charge on any atom is -0.234 e. The maximum atomic E-state index is 6.01. The summed E-state index contributed by atoms with van der Waals surface area (Å²) in [6.07, 6.45) is 3.94. The summed E-state index contributed by atoms with van der Waals surface area (Å²) in [5.41, 5.74) is 4.51. The smallest absolute Gasteiger partial charge is 0.154 e. The minimum absolute atomic E-state index is 0.510. The normalized spacial score (nSPS) is 11.0. The molecule has 0 unspecified atom stereocenters. The molecule has 2 aromatic heterocycles. The molecule has 0 aromatic carbocycles. The van der Waals surface area contributed by atoms with Gasteiger partial charge in [-0.25, -0.2) is 9.67 Å². The van der Waals surface area contributed by atoms with Crippen molar-refractivity contribution in [1.82, 2.24) is 14.8 Å². The van der Waals surface area contributed by atoms with E-state index in [2.05, 4.69) is 38.0 Å². The Morgan fingerprint density at radius 2 is 1.85 bits per heavy atom. The summed E-state index contributed by atoms with van der Waals surface area (Å²) in [4.78, 5) is 4.74. The van der Waals surface area contributed by atoms with E-state index in [-0.39, 0.29) is 0 Å². The fraction of sp³-hybridized carbons (Fsp3) is 0.500. The third kappa shape index (κ3) is 3.21. The fourth-order valence-electron chi connectivity index (χ4n) is 2.30. The Balaban J connectivity index is 2.50. The molecule has 2 rings (SSSR count). The molecule has 0 amide bonds. The van der Waals surface area contributed by atoms with Crippen LogP contribution >= 0.6 is 11.6 Å². The van der Waals surface area contributed by atoms with Crippen LogP contribution < -0.4 is 0 Å². The van der Waals surface area contributed by atoms with E-state index in [0.29, 0.717) is 5.88 Å². The predicted octanol–water partition coefficient (Wildman–Crippen LogP) is 4.08. The van der Waals surface area contributed by atoms with Gasteiger partial charge in [-0.2, -0.15) is 5.10 Å². The summed E-state index contributed by atoms with van der Waals surface area (Å²) in [6, 6.07) is 6.29. The molecule has 0 spiro atoms. The van der Waals surface area contributed by atoms with E-state index in [1.165, 1.54) is 5.69 Å². The maximum absolute atomic E-state index is 6.01. The molecule has 0 aliphatic carbocycles. The van der Waals surface area contributed by atoms with Crippen LogP contribution in [0.5, 0.6) is 0 Å². The van der Waals surface area contributed by atoms with Crippen LogP contribution in [0.15, 0.2) is 18.2 Å². The molecule has 0 atom stereocenters. The number of rotatable bonds is 6. The van der Waals surface area contributed by atoms with Crippen LogP contribution in [0.2, 0.25) is 0 Å². The van der Waals surface area contributed by atoms with E-state index in [0.717, 1.165) is 48.5 Å². The van der Waals surface area contributed by atoms with Crippen LogP contribution in [0, 0.1) is 0 Å². The number of nitrogens with zero attached hydrogens (tertiary/aromatic N) is 3. The largest absolute Gasteiger partial charge is 0.234 e. The van der Waals surface area contributed by atoms with E-state index in [9.17, 15) is 0 Å². The first-order chi connectivity index (χ1) is 9.71. The van der Waals surface area contributed by atoms with Gasteiger partial charge >= 0.3 is 0 Å². The lowest BCUT2D eigenvalue weighted by Crippen LogP contribution is -2.07. The Labute approximate surface area is 126 Å². The molecule has 0 fully saturated rings. The molecule has 2 aromatic rings. The van der Waals surface area contributed by atoms with Gasteiger partial charge in [0.2, 0.25) is 0 Å². The molecular formula is C16H22ClN3. The fourth-order valence-corrected chi connectivity index (χ4v) is 2.46. The number of pyridine rings is 1. The average molecular weight is 292 g/mol. The lowest BCUT2D eigenvalue weighted by Gasteiger charge is -2.09. The van der Waals surface area contributed by atoms with Crippen molar-refractivity contribution in [2.45, 2.75) is 52.3 Å². The Kier molecular flexibility index (Phi) is 5.18. The zero-order valence-corrected chi connectivity index (χ0v) is 13.2. The highest BCUT2D eigenvalue weighted by atomic mass is 35.5. The SMILES string of the molecule is CCCc1cc(CCl)cc(-n2nc(CC)cc2CC)n1. The first-order valence-corrected chi connectivity index (χ1v) is 7.89. The number of aryl methyl sites for hydroxylation is 3. The Morgan fingerprint density at radius 3 is 2.45 bits per heavy atom. The number of hydrogen-bond acceptors (Lipinski definition) is 2. The van der Waals surface area contributed by atoms with Crippen molar-refractivity contribution in [1.29, 1.82) is 0 Å². The van der Waals surface area contributed by atoms with Crippen LogP contribution in [-0.4, -0.2) is 14.8 Å². The van der Waals surface area contributed by atoms with Gasteiger partial charge in [-0.3, -0.25) is 0 Å². The highest BCUT2D eigenvalue weighted by Crippen LogP contribution is 2.17. The molecule has 0 N–H and O–H groups in total. The Hall–Kier alpha value is -1.35. The average Bonchev–Trinajstić information content (AvgIpc) is 2.90. The Bertz CT molecular complexity index is 575. The van der Waals surface area contributed by atoms with Gasteiger partial charge in [0.1, 0.15) is 0 Å². The second-order valence-corrected chi connectivity index (χ2v) is 5.22. The van der Waals surface area contributed by atoms with Gasteiger partial charge in [-0.15, -0.1) is 11.6 Å². The summed E-state index contributed by atoms with van der Waals surface area (Å²) in [5.74, 6) is 1.40. The van der Waals surface area contributed by atoms with Crippen LogP contribution in [-0.2, 0) is 25.1 Å². The second-order valence-electron chi connectivity index (χ2n) is 4.95. The summed E-state index contributed by atoms with van der Waals surface area (Å²) in [6.45, 7) is 6.43. The van der Waals surface area contributed by atoms with Crippen LogP contribution in [0.3, 0.4) is 0 Å². The van der Waals surface area contributed by atoms with Crippen molar-refractivity contribution < 1.29 is 0 Å². The van der Waals surface area contributed by atoms with Gasteiger partial charge in [0.15, 0.2) is 5.82 Å². The Morgan fingerprint density at radius 1 is 1.05 bits per heavy atom. The van der Waals surface area contributed by atoms with Crippen LogP contribution in [0.25, 0.3) is 5.82 Å². The lowest BCUT2D eigenvalue weighted by molar-refractivity contribution is 0.758. The highest BCUT2D eigenvalue weighted by molar-refractivity contribution is 6.17.